The Labute approximate surface area is 262 Å². The Hall–Kier alpha value is -5.87. The Balaban J connectivity index is 1.38. The van der Waals surface area contributed by atoms with Crippen molar-refractivity contribution in [3.8, 4) is 5.69 Å². The summed E-state index contributed by atoms with van der Waals surface area (Å²) in [4.78, 5) is 5.37. The van der Waals surface area contributed by atoms with Crippen LogP contribution in [0.4, 0.5) is 0 Å². The zero-order valence-electron chi connectivity index (χ0n) is 25.0. The molecule has 8 rings (SSSR count). The Morgan fingerprint density at radius 3 is 1.76 bits per heavy atom. The van der Waals surface area contributed by atoms with Gasteiger partial charge in [-0.2, -0.15) is 0 Å². The Kier molecular flexibility index (Phi) is 6.54. The van der Waals surface area contributed by atoms with Gasteiger partial charge in [0, 0.05) is 32.9 Å². The van der Waals surface area contributed by atoms with Crippen molar-refractivity contribution in [2.75, 3.05) is 0 Å². The van der Waals surface area contributed by atoms with Crippen LogP contribution in [0.1, 0.15) is 24.2 Å². The molecular weight excluding hydrogens is 548 g/mol. The van der Waals surface area contributed by atoms with E-state index in [0.717, 1.165) is 33.6 Å². The van der Waals surface area contributed by atoms with E-state index < -0.39 is 0 Å². The third-order valence-corrected chi connectivity index (χ3v) is 8.69. The Morgan fingerprint density at radius 2 is 1.07 bits per heavy atom. The minimum Gasteiger partial charge on any atom is -0.398 e. The molecule has 0 amide bonds. The number of benzene rings is 6. The second-order valence-electron chi connectivity index (χ2n) is 11.4. The second kappa shape index (κ2) is 11.0. The highest BCUT2D eigenvalue weighted by atomic mass is 15.1. The lowest BCUT2D eigenvalue weighted by Crippen LogP contribution is -2.09. The predicted octanol–water partition coefficient (Wildman–Crippen LogP) is 9.90. The zero-order valence-corrected chi connectivity index (χ0v) is 25.0. The number of fused-ring (bicyclic) bond motifs is 6. The van der Waals surface area contributed by atoms with Gasteiger partial charge < -0.3 is 14.9 Å². The first kappa shape index (κ1) is 26.7. The molecule has 0 spiro atoms. The van der Waals surface area contributed by atoms with Crippen LogP contribution in [0.2, 0.25) is 0 Å². The van der Waals surface area contributed by atoms with Gasteiger partial charge in [0.05, 0.1) is 27.8 Å². The van der Waals surface area contributed by atoms with Gasteiger partial charge in [-0.3, -0.25) is 4.99 Å². The lowest BCUT2D eigenvalue weighted by molar-refractivity contribution is 0.614. The summed E-state index contributed by atoms with van der Waals surface area (Å²) < 4.78 is 4.75. The van der Waals surface area contributed by atoms with E-state index in [1.54, 1.807) is 0 Å². The van der Waals surface area contributed by atoms with Crippen molar-refractivity contribution in [2.45, 2.75) is 13.1 Å². The first-order valence-corrected chi connectivity index (χ1v) is 15.3. The van der Waals surface area contributed by atoms with Crippen molar-refractivity contribution < 1.29 is 0 Å². The number of aliphatic imine (C=N–C) groups is 1. The SMILES string of the molecule is CC(N=C(/C=C(\N)c1ccccc1)c1ccccc1)n1c2ccccc2c2cc3c(cc21)c1ccccc1n3-c1ccccc1. The predicted molar refractivity (Wildman–Crippen MR) is 190 cm³/mol. The van der Waals surface area contributed by atoms with Gasteiger partial charge in [0.1, 0.15) is 6.17 Å². The van der Waals surface area contributed by atoms with Crippen LogP contribution in [0.15, 0.2) is 163 Å². The van der Waals surface area contributed by atoms with Crippen LogP contribution in [0.25, 0.3) is 55.0 Å². The molecular formula is C41H32N4. The minimum atomic E-state index is -0.206. The summed E-state index contributed by atoms with van der Waals surface area (Å²) in [5.41, 5.74) is 16.0. The molecule has 2 aromatic heterocycles. The van der Waals surface area contributed by atoms with Crippen molar-refractivity contribution in [1.82, 2.24) is 9.13 Å². The Morgan fingerprint density at radius 1 is 0.556 bits per heavy atom. The number of rotatable bonds is 6. The maximum Gasteiger partial charge on any atom is 0.123 e. The summed E-state index contributed by atoms with van der Waals surface area (Å²) in [6.45, 7) is 2.17. The summed E-state index contributed by atoms with van der Waals surface area (Å²) in [6.07, 6.45) is 1.79. The van der Waals surface area contributed by atoms with Crippen LogP contribution >= 0.6 is 0 Å². The van der Waals surface area contributed by atoms with E-state index in [9.17, 15) is 0 Å². The van der Waals surface area contributed by atoms with Gasteiger partial charge in [-0.25, -0.2) is 0 Å². The van der Waals surface area contributed by atoms with Crippen molar-refractivity contribution in [3.63, 3.8) is 0 Å². The van der Waals surface area contributed by atoms with Crippen LogP contribution in [-0.4, -0.2) is 14.8 Å². The first-order valence-electron chi connectivity index (χ1n) is 15.3. The monoisotopic (exact) mass is 580 g/mol. The molecule has 0 bridgehead atoms. The fraction of sp³-hybridized carbons (Fsp3) is 0.0488. The molecule has 0 fully saturated rings. The van der Waals surface area contributed by atoms with Crippen LogP contribution in [-0.2, 0) is 0 Å². The van der Waals surface area contributed by atoms with Gasteiger partial charge in [0.25, 0.3) is 0 Å². The van der Waals surface area contributed by atoms with Gasteiger partial charge in [-0.15, -0.1) is 0 Å². The molecule has 6 aromatic carbocycles. The highest BCUT2D eigenvalue weighted by Crippen LogP contribution is 2.39. The van der Waals surface area contributed by atoms with Gasteiger partial charge >= 0.3 is 0 Å². The standard InChI is InChI=1S/C41H32N4/c1-28(43-37(30-17-7-3-8-18-30)27-36(42)29-15-5-2-6-16-29)44-38-23-13-11-21-32(38)34-26-41-35(25-40(34)44)33-22-12-14-24-39(33)45(41)31-19-9-4-10-20-31/h2-28H,42H2,1H3/b36-27-,43-37?. The summed E-state index contributed by atoms with van der Waals surface area (Å²) in [7, 11) is 0. The average molecular weight is 581 g/mol. The highest BCUT2D eigenvalue weighted by Gasteiger charge is 2.20. The maximum atomic E-state index is 6.65. The largest absolute Gasteiger partial charge is 0.398 e. The van der Waals surface area contributed by atoms with E-state index in [2.05, 4.69) is 119 Å². The third-order valence-electron chi connectivity index (χ3n) is 8.69. The first-order chi connectivity index (χ1) is 22.2. The molecule has 216 valence electrons. The molecule has 0 aliphatic rings. The summed E-state index contributed by atoms with van der Waals surface area (Å²) in [5, 5.41) is 4.87. The molecule has 4 nitrogen and oxygen atoms in total. The summed E-state index contributed by atoms with van der Waals surface area (Å²) in [6, 6.07) is 53.0. The van der Waals surface area contributed by atoms with Crippen molar-refractivity contribution in [2.24, 2.45) is 10.7 Å². The fourth-order valence-electron chi connectivity index (χ4n) is 6.64. The molecule has 2 N–H and O–H groups in total. The van der Waals surface area contributed by atoms with E-state index in [1.807, 2.05) is 54.6 Å². The highest BCUT2D eigenvalue weighted by molar-refractivity contribution is 6.18. The number of para-hydroxylation sites is 3. The summed E-state index contributed by atoms with van der Waals surface area (Å²) in [5.74, 6) is 0. The lowest BCUT2D eigenvalue weighted by Gasteiger charge is -2.15. The molecule has 0 aliphatic heterocycles. The molecule has 45 heavy (non-hydrogen) atoms. The van der Waals surface area contributed by atoms with E-state index in [0.29, 0.717) is 5.70 Å². The number of nitrogens with zero attached hydrogens (tertiary/aromatic N) is 3. The topological polar surface area (TPSA) is 48.2 Å². The van der Waals surface area contributed by atoms with Gasteiger partial charge in [-0.05, 0) is 60.5 Å². The molecule has 0 saturated heterocycles. The molecule has 2 heterocycles. The van der Waals surface area contributed by atoms with E-state index >= 15 is 0 Å². The smallest absolute Gasteiger partial charge is 0.123 e. The second-order valence-corrected chi connectivity index (χ2v) is 11.4. The fourth-order valence-corrected chi connectivity index (χ4v) is 6.64. The average Bonchev–Trinajstić information content (AvgIpc) is 3.60. The van der Waals surface area contributed by atoms with Crippen molar-refractivity contribution in [3.05, 3.63) is 169 Å². The van der Waals surface area contributed by atoms with Crippen LogP contribution in [0.5, 0.6) is 0 Å². The lowest BCUT2D eigenvalue weighted by atomic mass is 10.1. The van der Waals surface area contributed by atoms with Crippen molar-refractivity contribution in [1.29, 1.82) is 0 Å². The Bertz CT molecular complexity index is 2380. The van der Waals surface area contributed by atoms with Gasteiger partial charge in [0.2, 0.25) is 0 Å². The van der Waals surface area contributed by atoms with Gasteiger partial charge in [0.15, 0.2) is 0 Å². The van der Waals surface area contributed by atoms with E-state index in [1.165, 1.54) is 32.6 Å². The van der Waals surface area contributed by atoms with E-state index in [-0.39, 0.29) is 6.17 Å². The molecule has 8 aromatic rings. The molecule has 1 atom stereocenters. The third kappa shape index (κ3) is 4.59. The van der Waals surface area contributed by atoms with Crippen molar-refractivity contribution >= 4 is 55.0 Å². The molecule has 1 unspecified atom stereocenters. The zero-order chi connectivity index (χ0) is 30.3. The van der Waals surface area contributed by atoms with Gasteiger partial charge in [-0.1, -0.05) is 115 Å². The van der Waals surface area contributed by atoms with E-state index in [4.69, 9.17) is 10.7 Å². The maximum absolute atomic E-state index is 6.65. The van der Waals surface area contributed by atoms with Crippen LogP contribution in [0, 0.1) is 0 Å². The normalized spacial score (nSPS) is 13.3. The molecule has 0 radical (unpaired) electrons. The van der Waals surface area contributed by atoms with Crippen LogP contribution < -0.4 is 5.73 Å². The minimum absolute atomic E-state index is 0.206. The number of nitrogens with two attached hydrogens (primary N) is 1. The quantitative estimate of drug-likeness (QED) is 0.196. The molecule has 0 aliphatic carbocycles. The number of hydrogen-bond donors (Lipinski definition) is 1. The number of hydrogen-bond acceptors (Lipinski definition) is 2. The number of allylic oxidation sites excluding steroid dienone is 1. The summed E-state index contributed by atoms with van der Waals surface area (Å²) >= 11 is 0. The molecule has 0 saturated carbocycles. The van der Waals surface area contributed by atoms with Crippen LogP contribution in [0.3, 0.4) is 0 Å². The molecule has 4 heteroatoms. The number of aromatic nitrogens is 2.